The first-order valence-electron chi connectivity index (χ1n) is 7.16. The Morgan fingerprint density at radius 1 is 1.28 bits per heavy atom. The van der Waals surface area contributed by atoms with Crippen molar-refractivity contribution in [3.8, 4) is 0 Å². The summed E-state index contributed by atoms with van der Waals surface area (Å²) in [6.45, 7) is 4.34. The summed E-state index contributed by atoms with van der Waals surface area (Å²) in [4.78, 5) is 2.45. The van der Waals surface area contributed by atoms with E-state index in [0.29, 0.717) is 6.04 Å². The number of rotatable bonds is 3. The lowest BCUT2D eigenvalue weighted by Gasteiger charge is -2.31. The van der Waals surface area contributed by atoms with E-state index >= 15 is 0 Å². The Balaban J connectivity index is 1.66. The number of hydrogen-bond acceptors (Lipinski definition) is 4. The summed E-state index contributed by atoms with van der Waals surface area (Å²) in [5, 5.41) is 12.1. The van der Waals surface area contributed by atoms with Gasteiger partial charge in [-0.05, 0) is 45.8 Å². The molecule has 1 aromatic heterocycles. The normalized spacial score (nSPS) is 21.2. The van der Waals surface area contributed by atoms with E-state index in [4.69, 9.17) is 0 Å². The molecule has 1 fully saturated rings. The number of fused-ring (bicyclic) bond motifs is 1. The van der Waals surface area contributed by atoms with Crippen molar-refractivity contribution in [3.63, 3.8) is 0 Å². The summed E-state index contributed by atoms with van der Waals surface area (Å²) in [6.07, 6.45) is 6.14. The smallest absolute Gasteiger partial charge is 0.147 e. The monoisotopic (exact) mass is 249 g/mol. The molecule has 0 spiro atoms. The molecule has 5 nitrogen and oxygen atoms in total. The van der Waals surface area contributed by atoms with Crippen LogP contribution in [0.5, 0.6) is 0 Å². The van der Waals surface area contributed by atoms with E-state index in [1.165, 1.54) is 31.5 Å². The van der Waals surface area contributed by atoms with Gasteiger partial charge in [0.15, 0.2) is 0 Å². The highest BCUT2D eigenvalue weighted by Crippen LogP contribution is 2.17. The van der Waals surface area contributed by atoms with Gasteiger partial charge in [0, 0.05) is 19.0 Å². The Morgan fingerprint density at radius 3 is 2.94 bits per heavy atom. The van der Waals surface area contributed by atoms with Gasteiger partial charge in [0.2, 0.25) is 0 Å². The van der Waals surface area contributed by atoms with E-state index in [9.17, 15) is 0 Å². The second-order valence-electron chi connectivity index (χ2n) is 5.54. The number of aromatic nitrogens is 3. The predicted octanol–water partition coefficient (Wildman–Crippen LogP) is 0.798. The van der Waals surface area contributed by atoms with Crippen LogP contribution in [-0.4, -0.2) is 45.8 Å². The first-order chi connectivity index (χ1) is 8.84. The lowest BCUT2D eigenvalue weighted by Crippen LogP contribution is -2.41. The minimum absolute atomic E-state index is 0.697. The van der Waals surface area contributed by atoms with Crippen LogP contribution in [0.1, 0.15) is 37.3 Å². The predicted molar refractivity (Wildman–Crippen MR) is 70.3 cm³/mol. The quantitative estimate of drug-likeness (QED) is 0.860. The number of nitrogens with one attached hydrogen (secondary N) is 1. The van der Waals surface area contributed by atoms with E-state index in [-0.39, 0.29) is 0 Å². The van der Waals surface area contributed by atoms with Crippen LogP contribution in [0, 0.1) is 0 Å². The SMILES string of the molecule is CN(Cc1nnc2n1CCCC2)C1CCNCC1. The highest BCUT2D eigenvalue weighted by Gasteiger charge is 2.21. The molecule has 2 aliphatic heterocycles. The Kier molecular flexibility index (Phi) is 3.61. The van der Waals surface area contributed by atoms with Gasteiger partial charge >= 0.3 is 0 Å². The molecule has 18 heavy (non-hydrogen) atoms. The molecule has 0 atom stereocenters. The Labute approximate surface area is 109 Å². The fourth-order valence-electron chi connectivity index (χ4n) is 3.09. The number of piperidine rings is 1. The summed E-state index contributed by atoms with van der Waals surface area (Å²) < 4.78 is 2.33. The van der Waals surface area contributed by atoms with Crippen molar-refractivity contribution in [2.45, 2.75) is 51.2 Å². The molecule has 0 bridgehead atoms. The number of hydrogen-bond donors (Lipinski definition) is 1. The van der Waals surface area contributed by atoms with Gasteiger partial charge in [-0.1, -0.05) is 0 Å². The lowest BCUT2D eigenvalue weighted by molar-refractivity contribution is 0.185. The molecule has 0 radical (unpaired) electrons. The van der Waals surface area contributed by atoms with Crippen LogP contribution in [0.4, 0.5) is 0 Å². The topological polar surface area (TPSA) is 46.0 Å². The van der Waals surface area contributed by atoms with Crippen LogP contribution in [0.25, 0.3) is 0 Å². The van der Waals surface area contributed by atoms with Crippen molar-refractivity contribution in [3.05, 3.63) is 11.6 Å². The molecule has 3 heterocycles. The molecule has 1 aromatic rings. The van der Waals surface area contributed by atoms with Gasteiger partial charge in [0.05, 0.1) is 6.54 Å². The summed E-state index contributed by atoms with van der Waals surface area (Å²) in [5.41, 5.74) is 0. The van der Waals surface area contributed by atoms with Crippen molar-refractivity contribution in [2.24, 2.45) is 0 Å². The summed E-state index contributed by atoms with van der Waals surface area (Å²) in [6, 6.07) is 0.697. The van der Waals surface area contributed by atoms with Crippen molar-refractivity contribution >= 4 is 0 Å². The van der Waals surface area contributed by atoms with Crippen LogP contribution >= 0.6 is 0 Å². The first-order valence-corrected chi connectivity index (χ1v) is 7.16. The number of aryl methyl sites for hydroxylation is 1. The van der Waals surface area contributed by atoms with E-state index in [1.54, 1.807) is 0 Å². The summed E-state index contributed by atoms with van der Waals surface area (Å²) in [7, 11) is 2.22. The van der Waals surface area contributed by atoms with E-state index in [2.05, 4.69) is 32.0 Å². The molecule has 0 aromatic carbocycles. The average molecular weight is 249 g/mol. The van der Waals surface area contributed by atoms with Gasteiger partial charge in [-0.3, -0.25) is 4.90 Å². The van der Waals surface area contributed by atoms with Crippen molar-refractivity contribution < 1.29 is 0 Å². The molecule has 100 valence electrons. The Morgan fingerprint density at radius 2 is 2.11 bits per heavy atom. The van der Waals surface area contributed by atoms with Crippen molar-refractivity contribution in [1.29, 1.82) is 0 Å². The molecule has 0 amide bonds. The van der Waals surface area contributed by atoms with Gasteiger partial charge in [0.1, 0.15) is 11.6 Å². The highest BCUT2D eigenvalue weighted by atomic mass is 15.3. The third kappa shape index (κ3) is 2.42. The minimum Gasteiger partial charge on any atom is -0.317 e. The van der Waals surface area contributed by atoms with E-state index < -0.39 is 0 Å². The van der Waals surface area contributed by atoms with E-state index in [0.717, 1.165) is 38.4 Å². The fourth-order valence-corrected chi connectivity index (χ4v) is 3.09. The highest BCUT2D eigenvalue weighted by molar-refractivity contribution is 4.99. The zero-order chi connectivity index (χ0) is 12.4. The molecule has 1 saturated heterocycles. The second-order valence-corrected chi connectivity index (χ2v) is 5.54. The van der Waals surface area contributed by atoms with Gasteiger partial charge in [-0.2, -0.15) is 0 Å². The molecule has 3 rings (SSSR count). The van der Waals surface area contributed by atoms with Crippen LogP contribution < -0.4 is 5.32 Å². The van der Waals surface area contributed by atoms with Crippen molar-refractivity contribution in [1.82, 2.24) is 25.0 Å². The van der Waals surface area contributed by atoms with Gasteiger partial charge in [-0.25, -0.2) is 0 Å². The van der Waals surface area contributed by atoms with Gasteiger partial charge in [0.25, 0.3) is 0 Å². The molecule has 0 unspecified atom stereocenters. The molecular formula is C13H23N5. The summed E-state index contributed by atoms with van der Waals surface area (Å²) >= 11 is 0. The molecule has 0 saturated carbocycles. The lowest BCUT2D eigenvalue weighted by atomic mass is 10.1. The second kappa shape index (κ2) is 5.36. The molecule has 1 N–H and O–H groups in total. The zero-order valence-corrected chi connectivity index (χ0v) is 11.2. The third-order valence-corrected chi connectivity index (χ3v) is 4.26. The molecule has 2 aliphatic rings. The van der Waals surface area contributed by atoms with Crippen LogP contribution in [0.3, 0.4) is 0 Å². The van der Waals surface area contributed by atoms with E-state index in [1.807, 2.05) is 0 Å². The summed E-state index contributed by atoms with van der Waals surface area (Å²) in [5.74, 6) is 2.35. The number of nitrogens with zero attached hydrogens (tertiary/aromatic N) is 4. The molecule has 5 heteroatoms. The van der Waals surface area contributed by atoms with Crippen LogP contribution in [-0.2, 0) is 19.5 Å². The maximum atomic E-state index is 4.39. The average Bonchev–Trinajstić information content (AvgIpc) is 2.83. The fraction of sp³-hybridized carbons (Fsp3) is 0.846. The first kappa shape index (κ1) is 12.1. The van der Waals surface area contributed by atoms with Crippen molar-refractivity contribution in [2.75, 3.05) is 20.1 Å². The Bertz CT molecular complexity index is 394. The zero-order valence-electron chi connectivity index (χ0n) is 11.2. The van der Waals surface area contributed by atoms with Gasteiger partial charge in [-0.15, -0.1) is 10.2 Å². The minimum atomic E-state index is 0.697. The standard InChI is InChI=1S/C13H23N5/c1-17(11-5-7-14-8-6-11)10-13-16-15-12-4-2-3-9-18(12)13/h11,14H,2-10H2,1H3. The van der Waals surface area contributed by atoms with Crippen LogP contribution in [0.15, 0.2) is 0 Å². The largest absolute Gasteiger partial charge is 0.317 e. The maximum absolute atomic E-state index is 4.39. The van der Waals surface area contributed by atoms with Gasteiger partial charge < -0.3 is 9.88 Å². The molecular weight excluding hydrogens is 226 g/mol. The molecule has 0 aliphatic carbocycles. The van der Waals surface area contributed by atoms with Crippen LogP contribution in [0.2, 0.25) is 0 Å². The maximum Gasteiger partial charge on any atom is 0.147 e. The Hall–Kier alpha value is -0.940. The third-order valence-electron chi connectivity index (χ3n) is 4.26.